The smallest absolute Gasteiger partial charge is 0.230 e. The van der Waals surface area contributed by atoms with Gasteiger partial charge in [-0.2, -0.15) is 0 Å². The molecule has 5 heterocycles. The van der Waals surface area contributed by atoms with Crippen molar-refractivity contribution in [2.24, 2.45) is 5.92 Å². The van der Waals surface area contributed by atoms with Crippen LogP contribution in [0.25, 0.3) is 21.3 Å². The van der Waals surface area contributed by atoms with E-state index in [1.807, 2.05) is 12.3 Å². The van der Waals surface area contributed by atoms with Crippen molar-refractivity contribution >= 4 is 63.1 Å². The number of imide groups is 1. The quantitative estimate of drug-likeness (QED) is 0.397. The molecule has 8 rings (SSSR count). The number of nitrogens with one attached hydrogen (secondary N) is 1. The zero-order valence-electron chi connectivity index (χ0n) is 21.0. The van der Waals surface area contributed by atoms with Gasteiger partial charge in [0.2, 0.25) is 11.8 Å². The number of hydrogen-bond donors (Lipinski definition) is 1. The number of fused-ring (bicyclic) bond motifs is 4. The molecular weight excluding hydrogens is 539 g/mol. The van der Waals surface area contributed by atoms with Crippen LogP contribution in [-0.2, 0) is 16.1 Å². The van der Waals surface area contributed by atoms with E-state index in [0.717, 1.165) is 44.7 Å². The van der Waals surface area contributed by atoms with Crippen LogP contribution >= 0.6 is 35.3 Å². The normalized spacial score (nSPS) is 26.9. The summed E-state index contributed by atoms with van der Waals surface area (Å²) < 4.78 is 1.10. The highest BCUT2D eigenvalue weighted by molar-refractivity contribution is 7.19. The van der Waals surface area contributed by atoms with Crippen molar-refractivity contribution in [3.05, 3.63) is 45.9 Å². The molecule has 1 aromatic carbocycles. The number of halogens is 2. The van der Waals surface area contributed by atoms with Gasteiger partial charge in [-0.25, -0.2) is 0 Å². The lowest BCUT2D eigenvalue weighted by Gasteiger charge is -2.41. The van der Waals surface area contributed by atoms with E-state index in [1.165, 1.54) is 53.8 Å². The van der Waals surface area contributed by atoms with Crippen molar-refractivity contribution in [1.82, 2.24) is 15.2 Å². The van der Waals surface area contributed by atoms with Crippen molar-refractivity contribution in [3.63, 3.8) is 0 Å². The topological polar surface area (TPSA) is 65.5 Å². The molecule has 0 bridgehead atoms. The minimum absolute atomic E-state index is 0. The molecule has 1 spiro atoms. The standard InChI is InChI=1S/C29H29ClN4O2S.ClH/c30-17-9-22(20-4-7-31-24-11-19(37-28(20)24)15-34-25(35)2-3-26(34)36)27-23(10-17)21-8-16(21)14-33(27)18-12-29(32-13-18)5-1-6-29;/h4,7,9-11,16,18,21,32H,1-3,5-6,8,12-15H2;1H/t16-,18?,21-;/m1./s1. The van der Waals surface area contributed by atoms with Gasteiger partial charge in [0, 0.05) is 70.4 Å². The van der Waals surface area contributed by atoms with Crippen LogP contribution in [0.3, 0.4) is 0 Å². The van der Waals surface area contributed by atoms with Crippen molar-refractivity contribution in [2.75, 3.05) is 18.0 Å². The van der Waals surface area contributed by atoms with Crippen molar-refractivity contribution in [1.29, 1.82) is 0 Å². The Morgan fingerprint density at radius 2 is 1.95 bits per heavy atom. The summed E-state index contributed by atoms with van der Waals surface area (Å²) in [6.45, 7) is 2.50. The molecule has 38 heavy (non-hydrogen) atoms. The Kier molecular flexibility index (Phi) is 5.82. The maximum Gasteiger partial charge on any atom is 0.230 e. The first-order valence-corrected chi connectivity index (χ1v) is 14.7. The zero-order chi connectivity index (χ0) is 24.9. The summed E-state index contributed by atoms with van der Waals surface area (Å²) in [5.41, 5.74) is 6.37. The van der Waals surface area contributed by atoms with Gasteiger partial charge in [0.15, 0.2) is 0 Å². The molecule has 4 fully saturated rings. The van der Waals surface area contributed by atoms with Gasteiger partial charge in [0.1, 0.15) is 0 Å². The highest BCUT2D eigenvalue weighted by atomic mass is 35.5. The predicted octanol–water partition coefficient (Wildman–Crippen LogP) is 5.90. The van der Waals surface area contributed by atoms with Gasteiger partial charge in [-0.05, 0) is 73.8 Å². The lowest BCUT2D eigenvalue weighted by atomic mass is 9.75. The second-order valence-corrected chi connectivity index (χ2v) is 13.3. The number of aromatic nitrogens is 1. The van der Waals surface area contributed by atoms with Crippen LogP contribution in [0.5, 0.6) is 0 Å². The van der Waals surface area contributed by atoms with Crippen molar-refractivity contribution < 1.29 is 9.59 Å². The summed E-state index contributed by atoms with van der Waals surface area (Å²) in [5, 5.41) is 4.67. The van der Waals surface area contributed by atoms with Gasteiger partial charge in [0.05, 0.1) is 16.8 Å². The number of likely N-dealkylation sites (tertiary alicyclic amines) is 1. The fraction of sp³-hybridized carbons (Fsp3) is 0.483. The summed E-state index contributed by atoms with van der Waals surface area (Å²) >= 11 is 8.42. The molecule has 198 valence electrons. The molecule has 5 aliphatic rings. The minimum Gasteiger partial charge on any atom is -0.366 e. The molecule has 3 atom stereocenters. The largest absolute Gasteiger partial charge is 0.366 e. The monoisotopic (exact) mass is 568 g/mol. The third-order valence-corrected chi connectivity index (χ3v) is 10.8. The molecule has 2 amide bonds. The first-order chi connectivity index (χ1) is 18.0. The van der Waals surface area contributed by atoms with Gasteiger partial charge >= 0.3 is 0 Å². The summed E-state index contributed by atoms with van der Waals surface area (Å²) in [4.78, 5) is 34.2. The van der Waals surface area contributed by atoms with Crippen molar-refractivity contribution in [2.45, 2.75) is 69.0 Å². The van der Waals surface area contributed by atoms with Gasteiger partial charge in [-0.15, -0.1) is 23.7 Å². The van der Waals surface area contributed by atoms with Crippen LogP contribution in [0, 0.1) is 5.92 Å². The second-order valence-electron chi connectivity index (χ2n) is 11.7. The Morgan fingerprint density at radius 1 is 1.13 bits per heavy atom. The number of carbonyl (C=O) groups is 2. The highest BCUT2D eigenvalue weighted by Crippen LogP contribution is 2.59. The van der Waals surface area contributed by atoms with Gasteiger partial charge in [-0.1, -0.05) is 11.6 Å². The maximum absolute atomic E-state index is 12.2. The maximum atomic E-state index is 12.2. The number of anilines is 1. The van der Waals surface area contributed by atoms with Crippen LogP contribution in [0.1, 0.15) is 61.3 Å². The Balaban J connectivity index is 0.00000242. The Morgan fingerprint density at radius 3 is 2.68 bits per heavy atom. The molecule has 1 unspecified atom stereocenters. The van der Waals surface area contributed by atoms with E-state index in [1.54, 1.807) is 11.3 Å². The number of thiophene rings is 1. The molecule has 2 saturated carbocycles. The third-order valence-electron chi connectivity index (χ3n) is 9.46. The van der Waals surface area contributed by atoms with E-state index >= 15 is 0 Å². The lowest BCUT2D eigenvalue weighted by molar-refractivity contribution is -0.138. The average Bonchev–Trinajstić information content (AvgIpc) is 3.18. The summed E-state index contributed by atoms with van der Waals surface area (Å²) in [5.74, 6) is 1.18. The van der Waals surface area contributed by atoms with Crippen LogP contribution in [0.2, 0.25) is 5.02 Å². The first-order valence-electron chi connectivity index (χ1n) is 13.5. The van der Waals surface area contributed by atoms with Crippen LogP contribution in [-0.4, -0.2) is 46.4 Å². The molecule has 2 aliphatic carbocycles. The number of rotatable bonds is 4. The third kappa shape index (κ3) is 3.80. The molecule has 1 N–H and O–H groups in total. The molecule has 6 nitrogen and oxygen atoms in total. The SMILES string of the molecule is Cl.O=C1CCC(=O)N1Cc1cc2nccc(-c3cc(Cl)cc4c3N(C3CNC5(CCC5)C3)C[C@H]3C[C@@H]43)c2s1. The van der Waals surface area contributed by atoms with Gasteiger partial charge < -0.3 is 10.2 Å². The number of amides is 2. The number of hydrogen-bond acceptors (Lipinski definition) is 6. The average molecular weight is 570 g/mol. The molecule has 9 heteroatoms. The van der Waals surface area contributed by atoms with Crippen LogP contribution in [0.15, 0.2) is 30.5 Å². The number of nitrogens with zero attached hydrogens (tertiary/aromatic N) is 3. The summed E-state index contributed by atoms with van der Waals surface area (Å²) in [7, 11) is 0. The lowest BCUT2D eigenvalue weighted by Crippen LogP contribution is -2.46. The van der Waals surface area contributed by atoms with E-state index in [0.29, 0.717) is 36.9 Å². The summed E-state index contributed by atoms with van der Waals surface area (Å²) in [6.07, 6.45) is 8.92. The molecule has 3 aromatic rings. The first kappa shape index (κ1) is 24.8. The molecule has 3 aliphatic heterocycles. The second kappa shape index (κ2) is 8.91. The fourth-order valence-corrected chi connectivity index (χ4v) is 8.66. The molecular formula is C29H30Cl2N4O2S. The van der Waals surface area contributed by atoms with E-state index in [4.69, 9.17) is 11.6 Å². The summed E-state index contributed by atoms with van der Waals surface area (Å²) in [6, 6.07) is 9.00. The predicted molar refractivity (Wildman–Crippen MR) is 153 cm³/mol. The molecule has 0 radical (unpaired) electrons. The Labute approximate surface area is 237 Å². The van der Waals surface area contributed by atoms with Crippen LogP contribution in [0.4, 0.5) is 5.69 Å². The van der Waals surface area contributed by atoms with Gasteiger partial charge in [-0.3, -0.25) is 19.5 Å². The van der Waals surface area contributed by atoms with Crippen LogP contribution < -0.4 is 10.2 Å². The van der Waals surface area contributed by atoms with Gasteiger partial charge in [0.25, 0.3) is 0 Å². The molecule has 2 saturated heterocycles. The Bertz CT molecular complexity index is 1470. The fourth-order valence-electron chi connectivity index (χ4n) is 7.30. The van der Waals surface area contributed by atoms with E-state index in [2.05, 4.69) is 33.4 Å². The zero-order valence-corrected chi connectivity index (χ0v) is 23.4. The van der Waals surface area contributed by atoms with Crippen molar-refractivity contribution in [3.8, 4) is 11.1 Å². The number of benzene rings is 1. The number of carbonyl (C=O) groups excluding carboxylic acids is 2. The van der Waals surface area contributed by atoms with E-state index in [-0.39, 0.29) is 24.2 Å². The highest BCUT2D eigenvalue weighted by Gasteiger charge is 2.51. The molecule has 2 aromatic heterocycles. The van der Waals surface area contributed by atoms with E-state index < -0.39 is 0 Å². The Hall–Kier alpha value is -2.19. The minimum atomic E-state index is -0.0800. The number of pyridine rings is 1. The van der Waals surface area contributed by atoms with E-state index in [9.17, 15) is 9.59 Å².